The molecule has 0 saturated carbocycles. The second kappa shape index (κ2) is 4.24. The lowest BCUT2D eigenvalue weighted by molar-refractivity contribution is 0.0994. The number of hydrogen-bond acceptors (Lipinski definition) is 2. The van der Waals surface area contributed by atoms with Crippen LogP contribution in [0.25, 0.3) is 0 Å². The zero-order valence-electron chi connectivity index (χ0n) is 17.5. The van der Waals surface area contributed by atoms with Crippen LogP contribution in [0.2, 0.25) is 0 Å². The average molecular weight is 260 g/mol. The van der Waals surface area contributed by atoms with Crippen molar-refractivity contribution in [1.29, 1.82) is 0 Å². The molecule has 2 aromatic rings. The standard InChI is InChI=1S/C15H12N2O2/c16-15(19)17-12-7-3-1-5-10(12)9-14(18)11-6-2-4-8-13(11)17/h1-8H,9H2,(H2,16,19)/i1D,2D,3D,4D,5D,6D,7D,8D. The molecule has 4 nitrogen and oxygen atoms in total. The topological polar surface area (TPSA) is 63.4 Å². The van der Waals surface area contributed by atoms with Gasteiger partial charge in [0.05, 0.1) is 22.3 Å². The van der Waals surface area contributed by atoms with Gasteiger partial charge in [-0.2, -0.15) is 0 Å². The minimum Gasteiger partial charge on any atom is -0.351 e. The van der Waals surface area contributed by atoms with Crippen molar-refractivity contribution in [2.45, 2.75) is 6.42 Å². The average Bonchev–Trinajstić information content (AvgIpc) is 2.75. The molecule has 0 bridgehead atoms. The molecule has 3 rings (SSSR count). The van der Waals surface area contributed by atoms with Crippen LogP contribution < -0.4 is 10.6 Å². The molecule has 1 aliphatic rings. The number of nitrogens with two attached hydrogens (primary N) is 1. The summed E-state index contributed by atoms with van der Waals surface area (Å²) < 4.78 is 63.4. The number of para-hydroxylation sites is 2. The normalized spacial score (nSPS) is 19.4. The minimum absolute atomic E-state index is 0.210. The Morgan fingerprint density at radius 1 is 1.11 bits per heavy atom. The van der Waals surface area contributed by atoms with E-state index < -0.39 is 83.5 Å². The van der Waals surface area contributed by atoms with Gasteiger partial charge in [-0.3, -0.25) is 9.69 Å². The Morgan fingerprint density at radius 3 is 2.47 bits per heavy atom. The van der Waals surface area contributed by atoms with Crippen molar-refractivity contribution in [1.82, 2.24) is 0 Å². The van der Waals surface area contributed by atoms with E-state index in [-0.39, 0.29) is 5.56 Å². The molecular weight excluding hydrogens is 240 g/mol. The summed E-state index contributed by atoms with van der Waals surface area (Å²) in [4.78, 5) is 25.5. The number of carbonyl (C=O) groups excluding carboxylic acids is 2. The quantitative estimate of drug-likeness (QED) is 0.791. The summed E-state index contributed by atoms with van der Waals surface area (Å²) in [6.45, 7) is 0. The van der Waals surface area contributed by atoms with Gasteiger partial charge in [0.2, 0.25) is 0 Å². The van der Waals surface area contributed by atoms with Crippen molar-refractivity contribution >= 4 is 23.2 Å². The highest BCUT2D eigenvalue weighted by Gasteiger charge is 2.27. The van der Waals surface area contributed by atoms with Crippen molar-refractivity contribution < 1.29 is 20.6 Å². The second-order valence-corrected chi connectivity index (χ2v) is 3.82. The van der Waals surface area contributed by atoms with Crippen molar-refractivity contribution in [3.63, 3.8) is 0 Å². The van der Waals surface area contributed by atoms with E-state index >= 15 is 0 Å². The Morgan fingerprint density at radius 2 is 1.74 bits per heavy atom. The zero-order chi connectivity index (χ0) is 20.4. The van der Waals surface area contributed by atoms with Gasteiger partial charge in [0.1, 0.15) is 0 Å². The van der Waals surface area contributed by atoms with Crippen LogP contribution in [0.5, 0.6) is 0 Å². The first-order valence-electron chi connectivity index (χ1n) is 9.32. The van der Waals surface area contributed by atoms with E-state index in [1.54, 1.807) is 0 Å². The van der Waals surface area contributed by atoms with Gasteiger partial charge in [-0.1, -0.05) is 30.2 Å². The molecule has 19 heavy (non-hydrogen) atoms. The summed E-state index contributed by atoms with van der Waals surface area (Å²) in [5, 5.41) is 0. The number of urea groups is 1. The molecule has 0 aromatic heterocycles. The number of nitrogens with zero attached hydrogens (tertiary/aromatic N) is 1. The third-order valence-electron chi connectivity index (χ3n) is 2.69. The van der Waals surface area contributed by atoms with Crippen LogP contribution in [0.1, 0.15) is 26.9 Å². The van der Waals surface area contributed by atoms with E-state index in [0.717, 1.165) is 0 Å². The van der Waals surface area contributed by atoms with Crippen LogP contribution in [-0.4, -0.2) is 11.8 Å². The molecule has 0 atom stereocenters. The summed E-state index contributed by atoms with van der Waals surface area (Å²) in [5.74, 6) is -0.813. The first-order valence-corrected chi connectivity index (χ1v) is 5.32. The highest BCUT2D eigenvalue weighted by atomic mass is 16.2. The summed E-state index contributed by atoms with van der Waals surface area (Å²) >= 11 is 0. The molecule has 0 aliphatic carbocycles. The zero-order valence-corrected chi connectivity index (χ0v) is 9.55. The van der Waals surface area contributed by atoms with Crippen LogP contribution >= 0.6 is 0 Å². The summed E-state index contributed by atoms with van der Waals surface area (Å²) in [6, 6.07) is -6.48. The van der Waals surface area contributed by atoms with Gasteiger partial charge in [-0.25, -0.2) is 4.79 Å². The highest BCUT2D eigenvalue weighted by molar-refractivity contribution is 6.11. The van der Waals surface area contributed by atoms with E-state index in [1.807, 2.05) is 0 Å². The van der Waals surface area contributed by atoms with Crippen molar-refractivity contribution in [2.75, 3.05) is 4.90 Å². The summed E-state index contributed by atoms with van der Waals surface area (Å²) in [5.41, 5.74) is 3.77. The number of fused-ring (bicyclic) bond motifs is 2. The molecule has 0 saturated heterocycles. The molecular formula is C15H12N2O2. The fourth-order valence-corrected chi connectivity index (χ4v) is 1.91. The molecule has 2 N–H and O–H groups in total. The second-order valence-electron chi connectivity index (χ2n) is 3.82. The van der Waals surface area contributed by atoms with Gasteiger partial charge in [0, 0.05) is 12.0 Å². The Balaban J connectivity index is 2.57. The molecule has 2 amide bonds. The lowest BCUT2D eigenvalue weighted by atomic mass is 10.0. The molecule has 0 spiro atoms. The number of rotatable bonds is 0. The largest absolute Gasteiger partial charge is 0.351 e. The number of anilines is 2. The van der Waals surface area contributed by atoms with Crippen LogP contribution in [0.3, 0.4) is 0 Å². The third kappa shape index (κ3) is 1.78. The SMILES string of the molecule is [2H]c1c([2H])c([2H])c2c(c1[2H])CC(=O)c1c([2H])c([2H])c([2H])c([2H])c1N2C(N)=O. The molecule has 0 fully saturated rings. The molecule has 0 radical (unpaired) electrons. The van der Waals surface area contributed by atoms with Crippen molar-refractivity contribution in [3.05, 3.63) is 59.5 Å². The highest BCUT2D eigenvalue weighted by Crippen LogP contribution is 2.35. The molecule has 4 heteroatoms. The number of ketones is 1. The third-order valence-corrected chi connectivity index (χ3v) is 2.69. The van der Waals surface area contributed by atoms with Gasteiger partial charge >= 0.3 is 6.03 Å². The molecule has 1 heterocycles. The fraction of sp³-hybridized carbons (Fsp3) is 0.0667. The Hall–Kier alpha value is -2.62. The van der Waals surface area contributed by atoms with E-state index in [9.17, 15) is 9.59 Å². The predicted molar refractivity (Wildman–Crippen MR) is 72.6 cm³/mol. The molecule has 94 valence electrons. The van der Waals surface area contributed by atoms with Gasteiger partial charge in [0.25, 0.3) is 0 Å². The van der Waals surface area contributed by atoms with Crippen LogP contribution in [-0.2, 0) is 6.42 Å². The number of hydrogen-bond donors (Lipinski definition) is 1. The maximum Gasteiger partial charge on any atom is 0.323 e. The molecule has 0 unspecified atom stereocenters. The van der Waals surface area contributed by atoms with Crippen LogP contribution in [0.4, 0.5) is 16.2 Å². The van der Waals surface area contributed by atoms with E-state index in [0.29, 0.717) is 4.90 Å². The first-order chi connectivity index (χ1) is 12.5. The van der Waals surface area contributed by atoms with E-state index in [1.165, 1.54) is 0 Å². The number of amides is 2. The minimum atomic E-state index is -1.25. The van der Waals surface area contributed by atoms with E-state index in [4.69, 9.17) is 16.7 Å². The fourth-order valence-electron chi connectivity index (χ4n) is 1.91. The maximum absolute atomic E-state index is 12.8. The van der Waals surface area contributed by atoms with Crippen LogP contribution in [0, 0.1) is 0 Å². The number of Topliss-reactive ketones (excluding diaryl/α,β-unsaturated/α-hetero) is 1. The van der Waals surface area contributed by atoms with Gasteiger partial charge in [0.15, 0.2) is 5.78 Å². The smallest absolute Gasteiger partial charge is 0.323 e. The van der Waals surface area contributed by atoms with Gasteiger partial charge in [-0.05, 0) is 23.7 Å². The molecule has 2 aromatic carbocycles. The number of carbonyl (C=O) groups is 2. The van der Waals surface area contributed by atoms with Crippen molar-refractivity contribution in [2.24, 2.45) is 5.73 Å². The predicted octanol–water partition coefficient (Wildman–Crippen LogP) is 2.64. The Labute approximate surface area is 121 Å². The van der Waals surface area contributed by atoms with E-state index in [2.05, 4.69) is 0 Å². The molecule has 1 aliphatic heterocycles. The van der Waals surface area contributed by atoms with Gasteiger partial charge < -0.3 is 5.73 Å². The number of benzene rings is 2. The lowest BCUT2D eigenvalue weighted by Gasteiger charge is -2.22. The maximum atomic E-state index is 12.8. The van der Waals surface area contributed by atoms with Gasteiger partial charge in [-0.15, -0.1) is 0 Å². The monoisotopic (exact) mass is 260 g/mol. The van der Waals surface area contributed by atoms with Crippen molar-refractivity contribution in [3.8, 4) is 0 Å². The summed E-state index contributed by atoms with van der Waals surface area (Å²) in [6.07, 6.45) is -0.578. The lowest BCUT2D eigenvalue weighted by Crippen LogP contribution is -2.32. The first kappa shape index (κ1) is 5.57. The summed E-state index contributed by atoms with van der Waals surface area (Å²) in [7, 11) is 0. The van der Waals surface area contributed by atoms with Crippen LogP contribution in [0.15, 0.2) is 48.3 Å². The Bertz CT molecular complexity index is 1050. The number of primary amides is 1. The Kier molecular flexibility index (Phi) is 1.24.